The number of nitrogens with two attached hydrogens (primary N) is 1. The van der Waals surface area contributed by atoms with Crippen molar-refractivity contribution in [2.75, 3.05) is 5.73 Å². The standard InChI is InChI=1S/C16H7F12NO/c17-13(18,19)6-1-7(14(20,21)22)3-8(2-6)30-12-5-9(15(23,24)25)11(29)4-10(12)16(26,27)28/h1-5H,29H2. The van der Waals surface area contributed by atoms with Crippen LogP contribution in [0.25, 0.3) is 0 Å². The van der Waals surface area contributed by atoms with Crippen LogP contribution in [0.3, 0.4) is 0 Å². The van der Waals surface area contributed by atoms with Crippen LogP contribution >= 0.6 is 0 Å². The van der Waals surface area contributed by atoms with Crippen molar-refractivity contribution in [2.24, 2.45) is 0 Å². The minimum absolute atomic E-state index is 0.0843. The maximum Gasteiger partial charge on any atom is 0.420 e. The number of benzene rings is 2. The highest BCUT2D eigenvalue weighted by Gasteiger charge is 2.41. The van der Waals surface area contributed by atoms with Crippen LogP contribution in [-0.4, -0.2) is 0 Å². The summed E-state index contributed by atoms with van der Waals surface area (Å²) in [5.41, 5.74) is -4.05. The van der Waals surface area contributed by atoms with Gasteiger partial charge < -0.3 is 10.5 Å². The van der Waals surface area contributed by atoms with Gasteiger partial charge in [-0.25, -0.2) is 0 Å². The van der Waals surface area contributed by atoms with E-state index in [0.29, 0.717) is 0 Å². The average Bonchev–Trinajstić information content (AvgIpc) is 2.52. The molecule has 166 valence electrons. The zero-order valence-corrected chi connectivity index (χ0v) is 13.9. The molecule has 30 heavy (non-hydrogen) atoms. The van der Waals surface area contributed by atoms with Crippen molar-refractivity contribution in [3.63, 3.8) is 0 Å². The Labute approximate surface area is 158 Å². The molecule has 0 radical (unpaired) electrons. The number of hydrogen-bond donors (Lipinski definition) is 1. The molecular formula is C16H7F12NO. The number of anilines is 1. The Kier molecular flexibility index (Phi) is 5.60. The van der Waals surface area contributed by atoms with Gasteiger partial charge in [0.25, 0.3) is 0 Å². The summed E-state index contributed by atoms with van der Waals surface area (Å²) in [7, 11) is 0. The van der Waals surface area contributed by atoms with Gasteiger partial charge in [-0.15, -0.1) is 0 Å². The molecule has 0 bridgehead atoms. The summed E-state index contributed by atoms with van der Waals surface area (Å²) in [6.07, 6.45) is -21.4. The first-order valence-electron chi connectivity index (χ1n) is 7.35. The summed E-state index contributed by atoms with van der Waals surface area (Å²) in [6, 6.07) is -0.943. The van der Waals surface area contributed by atoms with Gasteiger partial charge in [0.2, 0.25) is 0 Å². The second kappa shape index (κ2) is 7.16. The Morgan fingerprint density at radius 1 is 0.533 bits per heavy atom. The number of ether oxygens (including phenoxy) is 1. The summed E-state index contributed by atoms with van der Waals surface area (Å²) < 4.78 is 160. The fraction of sp³-hybridized carbons (Fsp3) is 0.250. The minimum atomic E-state index is -5.39. The largest absolute Gasteiger partial charge is 0.457 e. The van der Waals surface area contributed by atoms with Gasteiger partial charge in [0.15, 0.2) is 0 Å². The first-order chi connectivity index (χ1) is 13.3. The fourth-order valence-electron chi connectivity index (χ4n) is 2.26. The second-order valence-electron chi connectivity index (χ2n) is 5.77. The smallest absolute Gasteiger partial charge is 0.420 e. The van der Waals surface area contributed by atoms with Gasteiger partial charge in [-0.1, -0.05) is 0 Å². The third-order valence-electron chi connectivity index (χ3n) is 3.55. The summed E-state index contributed by atoms with van der Waals surface area (Å²) in [6.45, 7) is 0. The van der Waals surface area contributed by atoms with Crippen molar-refractivity contribution in [1.29, 1.82) is 0 Å². The third kappa shape index (κ3) is 5.21. The highest BCUT2D eigenvalue weighted by Crippen LogP contribution is 2.45. The highest BCUT2D eigenvalue weighted by molar-refractivity contribution is 5.58. The average molecular weight is 457 g/mol. The molecule has 0 heterocycles. The molecule has 2 rings (SSSR count). The predicted octanol–water partition coefficient (Wildman–Crippen LogP) is 7.14. The number of alkyl halides is 12. The van der Waals surface area contributed by atoms with Crippen molar-refractivity contribution >= 4 is 5.69 Å². The lowest BCUT2D eigenvalue weighted by Crippen LogP contribution is -2.14. The molecule has 0 saturated heterocycles. The molecule has 0 unspecified atom stereocenters. The van der Waals surface area contributed by atoms with E-state index in [1.807, 2.05) is 0 Å². The Bertz CT molecular complexity index is 905. The minimum Gasteiger partial charge on any atom is -0.457 e. The summed E-state index contributed by atoms with van der Waals surface area (Å²) >= 11 is 0. The number of hydrogen-bond acceptors (Lipinski definition) is 2. The quantitative estimate of drug-likeness (QED) is 0.385. The molecular weight excluding hydrogens is 450 g/mol. The van der Waals surface area contributed by atoms with E-state index in [1.54, 1.807) is 0 Å². The van der Waals surface area contributed by atoms with Crippen molar-refractivity contribution in [3.8, 4) is 11.5 Å². The van der Waals surface area contributed by atoms with Gasteiger partial charge >= 0.3 is 24.7 Å². The second-order valence-corrected chi connectivity index (χ2v) is 5.77. The van der Waals surface area contributed by atoms with Gasteiger partial charge in [0.05, 0.1) is 16.7 Å². The Morgan fingerprint density at radius 2 is 0.967 bits per heavy atom. The van der Waals surface area contributed by atoms with Crippen molar-refractivity contribution < 1.29 is 57.4 Å². The lowest BCUT2D eigenvalue weighted by Gasteiger charge is -2.19. The molecule has 0 spiro atoms. The maximum atomic E-state index is 13.1. The number of nitrogen functional groups attached to an aromatic ring is 1. The van der Waals surface area contributed by atoms with Crippen LogP contribution in [0.1, 0.15) is 22.3 Å². The number of rotatable bonds is 2. The van der Waals surface area contributed by atoms with Gasteiger partial charge in [0.1, 0.15) is 17.1 Å². The summed E-state index contributed by atoms with van der Waals surface area (Å²) in [4.78, 5) is 0. The van der Waals surface area contributed by atoms with E-state index in [-0.39, 0.29) is 30.3 Å². The van der Waals surface area contributed by atoms with Crippen molar-refractivity contribution in [1.82, 2.24) is 0 Å². The third-order valence-corrected chi connectivity index (χ3v) is 3.55. The van der Waals surface area contributed by atoms with Gasteiger partial charge in [0, 0.05) is 5.69 Å². The van der Waals surface area contributed by atoms with Crippen LogP contribution in [0.2, 0.25) is 0 Å². The lowest BCUT2D eigenvalue weighted by atomic mass is 10.1. The maximum absolute atomic E-state index is 13.1. The van der Waals surface area contributed by atoms with Crippen LogP contribution in [0, 0.1) is 0 Å². The Morgan fingerprint density at radius 3 is 1.33 bits per heavy atom. The highest BCUT2D eigenvalue weighted by atomic mass is 19.4. The predicted molar refractivity (Wildman–Crippen MR) is 77.4 cm³/mol. The van der Waals surface area contributed by atoms with Crippen LogP contribution < -0.4 is 10.5 Å². The van der Waals surface area contributed by atoms with Gasteiger partial charge in [-0.05, 0) is 30.3 Å². The van der Waals surface area contributed by atoms with Crippen molar-refractivity contribution in [2.45, 2.75) is 24.7 Å². The summed E-state index contributed by atoms with van der Waals surface area (Å²) in [5.74, 6) is -3.10. The Hall–Kier alpha value is -2.80. The van der Waals surface area contributed by atoms with E-state index in [0.717, 1.165) is 0 Å². The Balaban J connectivity index is 2.72. The molecule has 2 aromatic carbocycles. The van der Waals surface area contributed by atoms with E-state index < -0.39 is 64.1 Å². The van der Waals surface area contributed by atoms with Crippen LogP contribution in [-0.2, 0) is 24.7 Å². The molecule has 0 fully saturated rings. The van der Waals surface area contributed by atoms with E-state index in [2.05, 4.69) is 4.74 Å². The monoisotopic (exact) mass is 457 g/mol. The van der Waals surface area contributed by atoms with E-state index in [4.69, 9.17) is 5.73 Å². The summed E-state index contributed by atoms with van der Waals surface area (Å²) in [5, 5.41) is 0. The fourth-order valence-corrected chi connectivity index (χ4v) is 2.26. The molecule has 2 N–H and O–H groups in total. The molecule has 0 amide bonds. The molecule has 0 aliphatic heterocycles. The van der Waals surface area contributed by atoms with Crippen molar-refractivity contribution in [3.05, 3.63) is 52.6 Å². The van der Waals surface area contributed by atoms with E-state index in [1.165, 1.54) is 0 Å². The van der Waals surface area contributed by atoms with Crippen LogP contribution in [0.5, 0.6) is 11.5 Å². The van der Waals surface area contributed by atoms with Gasteiger partial charge in [-0.2, -0.15) is 52.7 Å². The van der Waals surface area contributed by atoms with E-state index >= 15 is 0 Å². The SMILES string of the molecule is Nc1cc(C(F)(F)F)c(Oc2cc(C(F)(F)F)cc(C(F)(F)F)c2)cc1C(F)(F)F. The topological polar surface area (TPSA) is 35.2 Å². The molecule has 0 atom stereocenters. The zero-order chi connectivity index (χ0) is 23.3. The normalized spacial score (nSPS) is 13.5. The first kappa shape index (κ1) is 23.5. The molecule has 0 aromatic heterocycles. The molecule has 2 nitrogen and oxygen atoms in total. The van der Waals surface area contributed by atoms with Gasteiger partial charge in [-0.3, -0.25) is 0 Å². The zero-order valence-electron chi connectivity index (χ0n) is 13.9. The lowest BCUT2D eigenvalue weighted by molar-refractivity contribution is -0.143. The molecule has 0 aliphatic carbocycles. The van der Waals surface area contributed by atoms with E-state index in [9.17, 15) is 52.7 Å². The van der Waals surface area contributed by atoms with Crippen LogP contribution in [0.15, 0.2) is 30.3 Å². The molecule has 14 heteroatoms. The molecule has 0 aliphatic rings. The van der Waals surface area contributed by atoms with Crippen LogP contribution in [0.4, 0.5) is 58.4 Å². The molecule has 0 saturated carbocycles. The first-order valence-corrected chi connectivity index (χ1v) is 7.35. The number of halogens is 12. The molecule has 2 aromatic rings.